The van der Waals surface area contributed by atoms with Crippen molar-refractivity contribution in [3.63, 3.8) is 0 Å². The maximum Gasteiger partial charge on any atom is 0.136 e. The van der Waals surface area contributed by atoms with Gasteiger partial charge in [-0.15, -0.1) is 0 Å². The molecule has 53 heavy (non-hydrogen) atoms. The number of nitrogens with zero attached hydrogens (tertiary/aromatic N) is 1. The summed E-state index contributed by atoms with van der Waals surface area (Å²) in [6.07, 6.45) is 0. The summed E-state index contributed by atoms with van der Waals surface area (Å²) in [6.45, 7) is 4.69. The molecule has 1 aromatic heterocycles. The second kappa shape index (κ2) is 12.3. The first kappa shape index (κ1) is 31.1. The van der Waals surface area contributed by atoms with Gasteiger partial charge in [0.15, 0.2) is 0 Å². The summed E-state index contributed by atoms with van der Waals surface area (Å²) in [5, 5.41) is 2.29. The van der Waals surface area contributed by atoms with Gasteiger partial charge in [-0.3, -0.25) is 0 Å². The minimum Gasteiger partial charge on any atom is -0.456 e. The number of hydrogen-bond acceptors (Lipinski definition) is 2. The Bertz CT molecular complexity index is 2770. The molecule has 0 radical (unpaired) electrons. The molecule has 252 valence electrons. The van der Waals surface area contributed by atoms with Crippen molar-refractivity contribution < 1.29 is 4.42 Å². The molecule has 2 nitrogen and oxygen atoms in total. The largest absolute Gasteiger partial charge is 0.456 e. The molecule has 1 heterocycles. The number of hydrogen-bond donors (Lipinski definition) is 0. The third kappa shape index (κ3) is 5.26. The van der Waals surface area contributed by atoms with Crippen LogP contribution in [0.15, 0.2) is 192 Å². The van der Waals surface area contributed by atoms with E-state index in [0.29, 0.717) is 0 Å². The van der Waals surface area contributed by atoms with Crippen LogP contribution >= 0.6 is 0 Å². The van der Waals surface area contributed by atoms with Crippen molar-refractivity contribution in [3.8, 4) is 44.5 Å². The van der Waals surface area contributed by atoms with Crippen molar-refractivity contribution in [2.24, 2.45) is 0 Å². The molecule has 0 fully saturated rings. The zero-order valence-electron chi connectivity index (χ0n) is 29.8. The van der Waals surface area contributed by atoms with E-state index in [-0.39, 0.29) is 5.41 Å². The van der Waals surface area contributed by atoms with Gasteiger partial charge in [0, 0.05) is 33.2 Å². The Morgan fingerprint density at radius 2 is 0.849 bits per heavy atom. The highest BCUT2D eigenvalue weighted by molar-refractivity contribution is 6.06. The lowest BCUT2D eigenvalue weighted by atomic mass is 9.82. The van der Waals surface area contributed by atoms with Crippen LogP contribution in [0.25, 0.3) is 66.4 Å². The summed E-state index contributed by atoms with van der Waals surface area (Å²) >= 11 is 0. The fourth-order valence-electron chi connectivity index (χ4n) is 8.28. The predicted molar refractivity (Wildman–Crippen MR) is 222 cm³/mol. The highest BCUT2D eigenvalue weighted by Crippen LogP contribution is 2.50. The number of para-hydroxylation sites is 1. The second-order valence-corrected chi connectivity index (χ2v) is 14.6. The molecule has 9 aromatic rings. The molecule has 0 atom stereocenters. The molecule has 2 heteroatoms. The summed E-state index contributed by atoms with van der Waals surface area (Å²) < 4.78 is 6.23. The van der Waals surface area contributed by atoms with Crippen molar-refractivity contribution in [2.45, 2.75) is 19.3 Å². The number of furan rings is 1. The van der Waals surface area contributed by atoms with E-state index >= 15 is 0 Å². The Labute approximate surface area is 310 Å². The molecule has 0 saturated heterocycles. The first-order valence-corrected chi connectivity index (χ1v) is 18.3. The van der Waals surface area contributed by atoms with Gasteiger partial charge >= 0.3 is 0 Å². The normalized spacial score (nSPS) is 12.9. The summed E-state index contributed by atoms with van der Waals surface area (Å²) in [6, 6.07) is 67.9. The van der Waals surface area contributed by atoms with E-state index in [1.54, 1.807) is 0 Å². The number of anilines is 3. The maximum atomic E-state index is 6.23. The van der Waals surface area contributed by atoms with Crippen molar-refractivity contribution in [3.05, 3.63) is 199 Å². The molecule has 0 saturated carbocycles. The van der Waals surface area contributed by atoms with Crippen LogP contribution in [0.5, 0.6) is 0 Å². The smallest absolute Gasteiger partial charge is 0.136 e. The van der Waals surface area contributed by atoms with Gasteiger partial charge in [-0.25, -0.2) is 0 Å². The average molecular weight is 680 g/mol. The van der Waals surface area contributed by atoms with Crippen molar-refractivity contribution in [2.75, 3.05) is 4.90 Å². The van der Waals surface area contributed by atoms with E-state index in [4.69, 9.17) is 4.42 Å². The molecule has 1 aliphatic rings. The Hall–Kier alpha value is -6.64. The molecule has 8 aromatic carbocycles. The van der Waals surface area contributed by atoms with Gasteiger partial charge in [-0.2, -0.15) is 0 Å². The van der Waals surface area contributed by atoms with Gasteiger partial charge in [0.1, 0.15) is 11.2 Å². The van der Waals surface area contributed by atoms with Crippen molar-refractivity contribution in [1.29, 1.82) is 0 Å². The first-order chi connectivity index (χ1) is 26.0. The first-order valence-electron chi connectivity index (χ1n) is 18.3. The van der Waals surface area contributed by atoms with E-state index in [9.17, 15) is 0 Å². The Morgan fingerprint density at radius 3 is 1.55 bits per heavy atom. The summed E-state index contributed by atoms with van der Waals surface area (Å²) in [5.41, 5.74) is 17.6. The van der Waals surface area contributed by atoms with Gasteiger partial charge in [-0.05, 0) is 110 Å². The van der Waals surface area contributed by atoms with Crippen LogP contribution in [0.1, 0.15) is 25.0 Å². The van der Waals surface area contributed by atoms with E-state index in [1.165, 1.54) is 44.5 Å². The van der Waals surface area contributed by atoms with E-state index < -0.39 is 0 Å². The fourth-order valence-corrected chi connectivity index (χ4v) is 8.28. The van der Waals surface area contributed by atoms with Crippen molar-refractivity contribution >= 4 is 39.0 Å². The fraction of sp³-hybridized carbons (Fsp3) is 0.0588. The number of rotatable bonds is 6. The van der Waals surface area contributed by atoms with Crippen LogP contribution in [0.3, 0.4) is 0 Å². The van der Waals surface area contributed by atoms with Crippen LogP contribution in [0.4, 0.5) is 17.1 Å². The SMILES string of the molecule is CC1(C)c2ccccc2-c2ccc(N(c3ccc(-c4ccc(-c5ccccc5)cc4)cc3)c3ccc(-c4ccc5c(c4)oc4ccccc45)cc3)cc21. The Kier molecular flexibility index (Phi) is 7.19. The molecule has 0 aliphatic heterocycles. The van der Waals surface area contributed by atoms with Gasteiger partial charge in [-0.1, -0.05) is 147 Å². The molecule has 1 aliphatic carbocycles. The highest BCUT2D eigenvalue weighted by atomic mass is 16.3. The lowest BCUT2D eigenvalue weighted by Gasteiger charge is -2.28. The van der Waals surface area contributed by atoms with Crippen LogP contribution < -0.4 is 4.90 Å². The zero-order chi connectivity index (χ0) is 35.5. The van der Waals surface area contributed by atoms with E-state index in [1.807, 2.05) is 12.1 Å². The molecule has 0 spiro atoms. The van der Waals surface area contributed by atoms with Crippen molar-refractivity contribution in [1.82, 2.24) is 0 Å². The van der Waals surface area contributed by atoms with Gasteiger partial charge in [0.05, 0.1) is 0 Å². The van der Waals surface area contributed by atoms with E-state index in [2.05, 4.69) is 195 Å². The molecular formula is C51H37NO. The zero-order valence-corrected chi connectivity index (χ0v) is 29.8. The summed E-state index contributed by atoms with van der Waals surface area (Å²) in [5.74, 6) is 0. The standard InChI is InChI=1S/C51H37NO/c1-51(2)47-14-8-6-12-43(47)44-31-29-42(33-48(44)51)52(40-25-20-37(21-26-40)36-18-16-35(17-19-36)34-10-4-3-5-11-34)41-27-22-38(23-28-41)39-24-30-46-45-13-7-9-15-49(45)53-50(46)32-39/h3-33H,1-2H3. The quantitative estimate of drug-likeness (QED) is 0.174. The lowest BCUT2D eigenvalue weighted by molar-refractivity contribution is 0.660. The Balaban J connectivity index is 1.03. The minimum absolute atomic E-state index is 0.0947. The van der Waals surface area contributed by atoms with Crippen LogP contribution in [-0.4, -0.2) is 0 Å². The molecule has 10 rings (SSSR count). The van der Waals surface area contributed by atoms with Gasteiger partial charge in [0.25, 0.3) is 0 Å². The lowest BCUT2D eigenvalue weighted by Crippen LogP contribution is -2.16. The average Bonchev–Trinajstić information content (AvgIpc) is 3.70. The molecular weight excluding hydrogens is 643 g/mol. The van der Waals surface area contributed by atoms with Crippen LogP contribution in [0, 0.1) is 0 Å². The number of fused-ring (bicyclic) bond motifs is 6. The summed E-state index contributed by atoms with van der Waals surface area (Å²) in [4.78, 5) is 2.38. The Morgan fingerprint density at radius 1 is 0.358 bits per heavy atom. The topological polar surface area (TPSA) is 16.4 Å². The highest BCUT2D eigenvalue weighted by Gasteiger charge is 2.35. The summed E-state index contributed by atoms with van der Waals surface area (Å²) in [7, 11) is 0. The predicted octanol–water partition coefficient (Wildman–Crippen LogP) is 14.4. The van der Waals surface area contributed by atoms with Gasteiger partial charge < -0.3 is 9.32 Å². The second-order valence-electron chi connectivity index (χ2n) is 14.6. The minimum atomic E-state index is -0.0947. The van der Waals surface area contributed by atoms with E-state index in [0.717, 1.165) is 50.1 Å². The molecule has 0 N–H and O–H groups in total. The van der Waals surface area contributed by atoms with Crippen LogP contribution in [0.2, 0.25) is 0 Å². The molecule has 0 amide bonds. The van der Waals surface area contributed by atoms with Crippen LogP contribution in [-0.2, 0) is 5.41 Å². The monoisotopic (exact) mass is 679 g/mol. The molecule has 0 unspecified atom stereocenters. The number of benzene rings is 8. The van der Waals surface area contributed by atoms with Gasteiger partial charge in [0.2, 0.25) is 0 Å². The third-order valence-electron chi connectivity index (χ3n) is 11.1. The molecule has 0 bridgehead atoms. The third-order valence-corrected chi connectivity index (χ3v) is 11.1. The maximum absolute atomic E-state index is 6.23.